The summed E-state index contributed by atoms with van der Waals surface area (Å²) in [5, 5.41) is 0. The number of rotatable bonds is 2. The van der Waals surface area contributed by atoms with Gasteiger partial charge in [0.1, 0.15) is 11.5 Å². The fraction of sp³-hybridized carbons (Fsp3) is 0.250. The number of ether oxygens (including phenoxy) is 3. The lowest BCUT2D eigenvalue weighted by molar-refractivity contribution is 0.344. The van der Waals surface area contributed by atoms with E-state index in [2.05, 4.69) is 6.07 Å². The van der Waals surface area contributed by atoms with Crippen LogP contribution in [0.4, 0.5) is 0 Å². The molecule has 0 aliphatic carbocycles. The lowest BCUT2D eigenvalue weighted by Crippen LogP contribution is -2.07. The molecule has 0 amide bonds. The molecular weight excluding hydrogens is 240 g/mol. The van der Waals surface area contributed by atoms with E-state index in [-0.39, 0.29) is 0 Å². The van der Waals surface area contributed by atoms with Gasteiger partial charge in [0.2, 0.25) is 0 Å². The molecule has 0 bridgehead atoms. The molecule has 0 N–H and O–H groups in total. The molecule has 0 saturated carbocycles. The molecule has 0 aromatic heterocycles. The van der Waals surface area contributed by atoms with E-state index in [1.54, 1.807) is 14.2 Å². The summed E-state index contributed by atoms with van der Waals surface area (Å²) >= 11 is 0. The van der Waals surface area contributed by atoms with Gasteiger partial charge in [-0.25, -0.2) is 0 Å². The average Bonchev–Trinajstić information content (AvgIpc) is 2.43. The highest BCUT2D eigenvalue weighted by Crippen LogP contribution is 2.46. The fourth-order valence-corrected chi connectivity index (χ4v) is 2.56. The third-order valence-corrected chi connectivity index (χ3v) is 3.45. The van der Waals surface area contributed by atoms with Gasteiger partial charge in [-0.05, 0) is 30.2 Å². The molecule has 19 heavy (non-hydrogen) atoms. The second-order valence-electron chi connectivity index (χ2n) is 4.62. The van der Waals surface area contributed by atoms with Crippen molar-refractivity contribution in [3.63, 3.8) is 0 Å². The van der Waals surface area contributed by atoms with E-state index in [4.69, 9.17) is 14.2 Å². The molecule has 0 atom stereocenters. The van der Waals surface area contributed by atoms with Crippen molar-refractivity contribution >= 4 is 0 Å². The van der Waals surface area contributed by atoms with Crippen LogP contribution in [0.25, 0.3) is 0 Å². The first-order valence-corrected chi connectivity index (χ1v) is 6.24. The Bertz CT molecular complexity index is 632. The van der Waals surface area contributed by atoms with E-state index in [0.717, 1.165) is 40.5 Å². The van der Waals surface area contributed by atoms with Crippen LogP contribution in [0.5, 0.6) is 23.0 Å². The highest BCUT2D eigenvalue weighted by molar-refractivity contribution is 5.62. The Balaban J connectivity index is 2.18. The number of hydrogen-bond donors (Lipinski definition) is 0. The van der Waals surface area contributed by atoms with Gasteiger partial charge in [0, 0.05) is 12.0 Å². The van der Waals surface area contributed by atoms with E-state index >= 15 is 0 Å². The first-order valence-electron chi connectivity index (χ1n) is 6.24. The van der Waals surface area contributed by atoms with Crippen molar-refractivity contribution in [1.29, 1.82) is 0 Å². The van der Waals surface area contributed by atoms with Crippen molar-refractivity contribution in [1.82, 2.24) is 0 Å². The van der Waals surface area contributed by atoms with Crippen LogP contribution in [-0.4, -0.2) is 14.2 Å². The smallest absolute Gasteiger partial charge is 0.168 e. The van der Waals surface area contributed by atoms with Crippen molar-refractivity contribution < 1.29 is 14.2 Å². The summed E-state index contributed by atoms with van der Waals surface area (Å²) in [6.45, 7) is 1.99. The van der Waals surface area contributed by atoms with Crippen molar-refractivity contribution in [2.45, 2.75) is 13.3 Å². The standard InChI is InChI=1S/C16H16O3/c1-10-8-14-12(16(18-3)15(10)17-2)9-11-6-4-5-7-13(11)19-14/h4-8H,9H2,1-3H3. The largest absolute Gasteiger partial charge is 0.493 e. The first-order chi connectivity index (χ1) is 9.24. The Morgan fingerprint density at radius 2 is 1.74 bits per heavy atom. The summed E-state index contributed by atoms with van der Waals surface area (Å²) in [5.74, 6) is 3.33. The number of fused-ring (bicyclic) bond motifs is 2. The van der Waals surface area contributed by atoms with Gasteiger partial charge < -0.3 is 14.2 Å². The summed E-state index contributed by atoms with van der Waals surface area (Å²) in [7, 11) is 3.33. The maximum atomic E-state index is 5.96. The molecule has 98 valence electrons. The predicted molar refractivity (Wildman–Crippen MR) is 73.6 cm³/mol. The zero-order valence-corrected chi connectivity index (χ0v) is 11.3. The Morgan fingerprint density at radius 1 is 1.00 bits per heavy atom. The monoisotopic (exact) mass is 256 g/mol. The molecule has 0 fully saturated rings. The van der Waals surface area contributed by atoms with E-state index in [0.29, 0.717) is 0 Å². The molecule has 2 aromatic carbocycles. The molecular formula is C16H16O3. The van der Waals surface area contributed by atoms with Gasteiger partial charge >= 0.3 is 0 Å². The molecule has 3 rings (SSSR count). The summed E-state index contributed by atoms with van der Waals surface area (Å²) in [4.78, 5) is 0. The minimum atomic E-state index is 0.770. The fourth-order valence-electron chi connectivity index (χ4n) is 2.56. The average molecular weight is 256 g/mol. The van der Waals surface area contributed by atoms with Gasteiger partial charge in [-0.1, -0.05) is 18.2 Å². The van der Waals surface area contributed by atoms with Gasteiger partial charge in [-0.15, -0.1) is 0 Å². The lowest BCUT2D eigenvalue weighted by Gasteiger charge is -2.24. The van der Waals surface area contributed by atoms with Gasteiger partial charge in [-0.3, -0.25) is 0 Å². The summed E-state index contributed by atoms with van der Waals surface area (Å²) in [6, 6.07) is 10.1. The Morgan fingerprint density at radius 3 is 2.47 bits per heavy atom. The third-order valence-electron chi connectivity index (χ3n) is 3.45. The molecule has 0 spiro atoms. The maximum absolute atomic E-state index is 5.96. The van der Waals surface area contributed by atoms with Crippen LogP contribution in [0.1, 0.15) is 16.7 Å². The molecule has 2 aromatic rings. The van der Waals surface area contributed by atoms with Gasteiger partial charge in [0.25, 0.3) is 0 Å². The van der Waals surface area contributed by atoms with Crippen LogP contribution in [-0.2, 0) is 6.42 Å². The van der Waals surface area contributed by atoms with Crippen LogP contribution < -0.4 is 14.2 Å². The molecule has 1 heterocycles. The normalized spacial score (nSPS) is 12.2. The second-order valence-corrected chi connectivity index (χ2v) is 4.62. The SMILES string of the molecule is COc1c(C)cc2c(c1OC)Cc1ccccc1O2. The number of hydrogen-bond acceptors (Lipinski definition) is 3. The zero-order chi connectivity index (χ0) is 13.4. The quantitative estimate of drug-likeness (QED) is 0.699. The van der Waals surface area contributed by atoms with Crippen LogP contribution in [0.3, 0.4) is 0 Å². The van der Waals surface area contributed by atoms with Crippen molar-refractivity contribution in [3.8, 4) is 23.0 Å². The van der Waals surface area contributed by atoms with E-state index in [1.165, 1.54) is 5.56 Å². The van der Waals surface area contributed by atoms with Crippen molar-refractivity contribution in [2.24, 2.45) is 0 Å². The van der Waals surface area contributed by atoms with Crippen molar-refractivity contribution in [2.75, 3.05) is 14.2 Å². The molecule has 0 unspecified atom stereocenters. The number of methoxy groups -OCH3 is 2. The summed E-state index contributed by atoms with van der Waals surface area (Å²) < 4.78 is 16.9. The maximum Gasteiger partial charge on any atom is 0.168 e. The topological polar surface area (TPSA) is 27.7 Å². The van der Waals surface area contributed by atoms with Gasteiger partial charge in [0.05, 0.1) is 14.2 Å². The summed E-state index contributed by atoms with van der Waals surface area (Å²) in [5.41, 5.74) is 3.22. The molecule has 0 radical (unpaired) electrons. The zero-order valence-electron chi connectivity index (χ0n) is 11.3. The molecule has 1 aliphatic heterocycles. The Kier molecular flexibility index (Phi) is 2.82. The molecule has 1 aliphatic rings. The predicted octanol–water partition coefficient (Wildman–Crippen LogP) is 3.71. The summed E-state index contributed by atoms with van der Waals surface area (Å²) in [6.07, 6.45) is 0.797. The highest BCUT2D eigenvalue weighted by atomic mass is 16.5. The molecule has 0 saturated heterocycles. The Hall–Kier alpha value is -2.16. The van der Waals surface area contributed by atoms with E-state index in [1.807, 2.05) is 31.2 Å². The van der Waals surface area contributed by atoms with E-state index in [9.17, 15) is 0 Å². The van der Waals surface area contributed by atoms with Gasteiger partial charge in [0.15, 0.2) is 11.5 Å². The minimum Gasteiger partial charge on any atom is -0.493 e. The lowest BCUT2D eigenvalue weighted by atomic mass is 9.97. The van der Waals surface area contributed by atoms with Crippen LogP contribution in [0, 0.1) is 6.92 Å². The Labute approximate surface area is 112 Å². The van der Waals surface area contributed by atoms with Gasteiger partial charge in [-0.2, -0.15) is 0 Å². The number of aryl methyl sites for hydroxylation is 1. The van der Waals surface area contributed by atoms with E-state index < -0.39 is 0 Å². The number of para-hydroxylation sites is 1. The molecule has 3 nitrogen and oxygen atoms in total. The number of benzene rings is 2. The first kappa shape index (κ1) is 11.9. The minimum absolute atomic E-state index is 0.770. The van der Waals surface area contributed by atoms with Crippen LogP contribution >= 0.6 is 0 Å². The van der Waals surface area contributed by atoms with Crippen LogP contribution in [0.2, 0.25) is 0 Å². The second kappa shape index (κ2) is 4.50. The molecule has 3 heteroatoms. The van der Waals surface area contributed by atoms with Crippen LogP contribution in [0.15, 0.2) is 30.3 Å². The third kappa shape index (κ3) is 1.82. The van der Waals surface area contributed by atoms with Crippen molar-refractivity contribution in [3.05, 3.63) is 47.0 Å². The highest BCUT2D eigenvalue weighted by Gasteiger charge is 2.24.